The Balaban J connectivity index is 4.77. The first-order chi connectivity index (χ1) is 11.7. The van der Waals surface area contributed by atoms with E-state index in [1.165, 1.54) is 52.7 Å². The molecule has 0 spiro atoms. The summed E-state index contributed by atoms with van der Waals surface area (Å²) in [5.41, 5.74) is 8.69. The van der Waals surface area contributed by atoms with E-state index in [9.17, 15) is 4.79 Å². The van der Waals surface area contributed by atoms with Crippen molar-refractivity contribution < 1.29 is 9.90 Å². The second-order valence-electron chi connectivity index (χ2n) is 7.47. The molecule has 0 rings (SSSR count). The zero-order valence-corrected chi connectivity index (χ0v) is 17.7. The second kappa shape index (κ2) is 13.0. The SMILES string of the molecule is CCCCC(C)=C(C)C(C)=C(C)C(C)=C(C)CCCCCCC(=O)O. The fraction of sp³-hybridized carbons (Fsp3) is 0.696. The van der Waals surface area contributed by atoms with Gasteiger partial charge in [0.1, 0.15) is 0 Å². The van der Waals surface area contributed by atoms with E-state index in [1.54, 1.807) is 0 Å². The van der Waals surface area contributed by atoms with Crippen molar-refractivity contribution in [3.63, 3.8) is 0 Å². The maximum Gasteiger partial charge on any atom is 0.303 e. The maximum absolute atomic E-state index is 10.5. The van der Waals surface area contributed by atoms with Crippen LogP contribution in [0.2, 0.25) is 0 Å². The molecule has 0 unspecified atom stereocenters. The Morgan fingerprint density at radius 2 is 1.00 bits per heavy atom. The summed E-state index contributed by atoms with van der Waals surface area (Å²) < 4.78 is 0. The van der Waals surface area contributed by atoms with E-state index in [0.29, 0.717) is 6.42 Å². The Morgan fingerprint density at radius 3 is 1.40 bits per heavy atom. The number of rotatable bonds is 12. The number of carboxylic acid groups (broad SMARTS) is 1. The molecule has 0 atom stereocenters. The Kier molecular flexibility index (Phi) is 12.3. The van der Waals surface area contributed by atoms with Gasteiger partial charge in [-0.1, -0.05) is 37.3 Å². The first kappa shape index (κ1) is 23.7. The van der Waals surface area contributed by atoms with Gasteiger partial charge in [-0.2, -0.15) is 0 Å². The van der Waals surface area contributed by atoms with Gasteiger partial charge in [-0.05, 0) is 95.9 Å². The van der Waals surface area contributed by atoms with Crippen molar-refractivity contribution in [1.82, 2.24) is 0 Å². The maximum atomic E-state index is 10.5. The molecule has 25 heavy (non-hydrogen) atoms. The highest BCUT2D eigenvalue weighted by Gasteiger charge is 2.07. The van der Waals surface area contributed by atoms with Gasteiger partial charge < -0.3 is 5.11 Å². The average molecular weight is 349 g/mol. The zero-order valence-electron chi connectivity index (χ0n) is 17.7. The molecule has 1 N–H and O–H groups in total. The molecule has 0 saturated heterocycles. The van der Waals surface area contributed by atoms with E-state index in [-0.39, 0.29) is 0 Å². The van der Waals surface area contributed by atoms with Gasteiger partial charge in [-0.3, -0.25) is 4.79 Å². The molecule has 0 aliphatic rings. The molecule has 0 radical (unpaired) electrons. The van der Waals surface area contributed by atoms with Gasteiger partial charge in [0.25, 0.3) is 0 Å². The van der Waals surface area contributed by atoms with Crippen molar-refractivity contribution in [3.8, 4) is 0 Å². The summed E-state index contributed by atoms with van der Waals surface area (Å²) in [5, 5.41) is 8.66. The minimum absolute atomic E-state index is 0.303. The third kappa shape index (κ3) is 9.67. The van der Waals surface area contributed by atoms with Crippen molar-refractivity contribution in [1.29, 1.82) is 0 Å². The lowest BCUT2D eigenvalue weighted by Gasteiger charge is -2.15. The number of carbonyl (C=O) groups is 1. The van der Waals surface area contributed by atoms with E-state index < -0.39 is 5.97 Å². The lowest BCUT2D eigenvalue weighted by Crippen LogP contribution is -1.96. The van der Waals surface area contributed by atoms with Crippen LogP contribution < -0.4 is 0 Å². The Bertz CT molecular complexity index is 518. The van der Waals surface area contributed by atoms with E-state index >= 15 is 0 Å². The molecule has 0 bridgehead atoms. The largest absolute Gasteiger partial charge is 0.481 e. The zero-order chi connectivity index (χ0) is 19.4. The fourth-order valence-electron chi connectivity index (χ4n) is 3.04. The topological polar surface area (TPSA) is 37.3 Å². The Morgan fingerprint density at radius 1 is 0.600 bits per heavy atom. The molecule has 0 aromatic heterocycles. The van der Waals surface area contributed by atoms with Crippen molar-refractivity contribution >= 4 is 5.97 Å². The minimum atomic E-state index is -0.680. The lowest BCUT2D eigenvalue weighted by molar-refractivity contribution is -0.137. The molecule has 0 fully saturated rings. The first-order valence-electron chi connectivity index (χ1n) is 9.95. The summed E-state index contributed by atoms with van der Waals surface area (Å²) in [4.78, 5) is 10.5. The van der Waals surface area contributed by atoms with Gasteiger partial charge in [-0.15, -0.1) is 0 Å². The van der Waals surface area contributed by atoms with Crippen LogP contribution in [-0.2, 0) is 4.79 Å². The molecule has 0 saturated carbocycles. The summed E-state index contributed by atoms with van der Waals surface area (Å²) in [6.07, 6.45) is 9.22. The van der Waals surface area contributed by atoms with Crippen LogP contribution in [0.15, 0.2) is 33.4 Å². The molecular formula is C23H40O2. The molecule has 2 nitrogen and oxygen atoms in total. The van der Waals surface area contributed by atoms with E-state index in [2.05, 4.69) is 48.5 Å². The normalized spacial score (nSPS) is 14.7. The van der Waals surface area contributed by atoms with Crippen LogP contribution in [0.3, 0.4) is 0 Å². The van der Waals surface area contributed by atoms with Gasteiger partial charge >= 0.3 is 5.97 Å². The van der Waals surface area contributed by atoms with Crippen molar-refractivity contribution in [2.45, 2.75) is 106 Å². The minimum Gasteiger partial charge on any atom is -0.481 e. The molecule has 144 valence electrons. The van der Waals surface area contributed by atoms with Gasteiger partial charge in [0.15, 0.2) is 0 Å². The van der Waals surface area contributed by atoms with Gasteiger partial charge in [0.2, 0.25) is 0 Å². The fourth-order valence-corrected chi connectivity index (χ4v) is 3.04. The number of hydrogen-bond acceptors (Lipinski definition) is 1. The molecule has 2 heteroatoms. The van der Waals surface area contributed by atoms with Crippen LogP contribution >= 0.6 is 0 Å². The van der Waals surface area contributed by atoms with Crippen LogP contribution in [0.25, 0.3) is 0 Å². The number of carboxylic acids is 1. The van der Waals surface area contributed by atoms with Crippen LogP contribution in [0, 0.1) is 0 Å². The molecule has 0 amide bonds. The van der Waals surface area contributed by atoms with Crippen molar-refractivity contribution in [2.75, 3.05) is 0 Å². The Hall–Kier alpha value is -1.31. The van der Waals surface area contributed by atoms with E-state index in [0.717, 1.165) is 32.1 Å². The lowest BCUT2D eigenvalue weighted by atomic mass is 9.91. The highest BCUT2D eigenvalue weighted by atomic mass is 16.4. The smallest absolute Gasteiger partial charge is 0.303 e. The summed E-state index contributed by atoms with van der Waals surface area (Å²) in [6.45, 7) is 15.8. The third-order valence-electron chi connectivity index (χ3n) is 5.57. The summed E-state index contributed by atoms with van der Waals surface area (Å²) >= 11 is 0. The predicted molar refractivity (Wildman–Crippen MR) is 110 cm³/mol. The highest BCUT2D eigenvalue weighted by Crippen LogP contribution is 2.27. The Labute approximate surface area is 156 Å². The summed E-state index contributed by atoms with van der Waals surface area (Å²) in [5.74, 6) is -0.680. The molecule has 0 aromatic rings. The van der Waals surface area contributed by atoms with Crippen LogP contribution in [0.5, 0.6) is 0 Å². The van der Waals surface area contributed by atoms with Crippen molar-refractivity contribution in [2.24, 2.45) is 0 Å². The van der Waals surface area contributed by atoms with Crippen LogP contribution in [-0.4, -0.2) is 11.1 Å². The standard InChI is InChI=1S/C23H40O2/c1-8-9-14-17(2)19(4)21(6)22(7)20(5)18(3)15-12-10-11-13-16-23(24)25/h8-16H2,1-7H3,(H,24,25). The summed E-state index contributed by atoms with van der Waals surface area (Å²) in [6, 6.07) is 0. The molecule has 0 heterocycles. The van der Waals surface area contributed by atoms with Crippen LogP contribution in [0.1, 0.15) is 106 Å². The third-order valence-corrected chi connectivity index (χ3v) is 5.57. The van der Waals surface area contributed by atoms with Crippen molar-refractivity contribution in [3.05, 3.63) is 33.4 Å². The molecule has 0 aliphatic carbocycles. The summed E-state index contributed by atoms with van der Waals surface area (Å²) in [7, 11) is 0. The van der Waals surface area contributed by atoms with Gasteiger partial charge in [0.05, 0.1) is 0 Å². The van der Waals surface area contributed by atoms with E-state index in [1.807, 2.05) is 0 Å². The number of allylic oxidation sites excluding steroid dienone is 6. The number of unbranched alkanes of at least 4 members (excludes halogenated alkanes) is 4. The van der Waals surface area contributed by atoms with Crippen LogP contribution in [0.4, 0.5) is 0 Å². The quantitative estimate of drug-likeness (QED) is 0.291. The van der Waals surface area contributed by atoms with E-state index in [4.69, 9.17) is 5.11 Å². The van der Waals surface area contributed by atoms with Gasteiger partial charge in [-0.25, -0.2) is 0 Å². The second-order valence-corrected chi connectivity index (χ2v) is 7.47. The molecule has 0 aliphatic heterocycles. The molecular weight excluding hydrogens is 308 g/mol. The van der Waals surface area contributed by atoms with Gasteiger partial charge in [0, 0.05) is 6.42 Å². The molecule has 0 aromatic carbocycles. The number of hydrogen-bond donors (Lipinski definition) is 1. The first-order valence-corrected chi connectivity index (χ1v) is 9.95. The monoisotopic (exact) mass is 348 g/mol. The predicted octanol–water partition coefficient (Wildman–Crippen LogP) is 7.61. The average Bonchev–Trinajstić information content (AvgIpc) is 2.59. The highest BCUT2D eigenvalue weighted by molar-refractivity contribution is 5.66. The number of aliphatic carboxylic acids is 1.